The van der Waals surface area contributed by atoms with E-state index >= 15 is 4.79 Å². The number of benzene rings is 1. The SMILES string of the molecule is CC(=O)O.NCCC[C@@H](N)C(=O)N[C@@H](CCCN)C(=O)N1CCC[C@H]1C(=O)N1C[C@H](O)C[C@H]1C(=O)NCC(=O)N[C@@H](Cc1cccs1)C(=O)N[C@@H](CO)C(=O)N1Cc2ccccc2C[C@@H]1C(=O)N1[C@H](C(=O)N[C@@H](CCCN=C(N)N)C(=O)O)C[C@@H]2CCCC[C@@H]21. The molecule has 0 unspecified atom stereocenters. The molecule has 1 saturated carbocycles. The number of fused-ring (bicyclic) bond motifs is 2. The Bertz CT molecular complexity index is 2880. The van der Waals surface area contributed by atoms with Crippen molar-refractivity contribution in [3.05, 3.63) is 57.8 Å². The van der Waals surface area contributed by atoms with Crippen LogP contribution in [0.1, 0.15) is 113 Å². The summed E-state index contributed by atoms with van der Waals surface area (Å²) in [5.41, 5.74) is 29.7. The zero-order valence-corrected chi connectivity index (χ0v) is 51.6. The molecule has 4 fully saturated rings. The van der Waals surface area contributed by atoms with Gasteiger partial charge in [0.05, 0.1) is 25.3 Å². The van der Waals surface area contributed by atoms with Gasteiger partial charge in [0.1, 0.15) is 48.3 Å². The molecule has 1 aromatic heterocycles. The van der Waals surface area contributed by atoms with E-state index < -0.39 is 139 Å². The van der Waals surface area contributed by atoms with Gasteiger partial charge in [0.2, 0.25) is 53.2 Å². The van der Waals surface area contributed by atoms with Crippen LogP contribution in [0, 0.1) is 5.92 Å². The Hall–Kier alpha value is -7.84. The van der Waals surface area contributed by atoms with Gasteiger partial charge in [-0.2, -0.15) is 0 Å². The van der Waals surface area contributed by atoms with E-state index in [1.54, 1.807) is 35.7 Å². The van der Waals surface area contributed by atoms with Gasteiger partial charge in [-0.05, 0) is 112 Å². The number of thiophene rings is 1. The molecule has 31 heteroatoms. The zero-order chi connectivity index (χ0) is 65.8. The second kappa shape index (κ2) is 34.4. The minimum atomic E-state index is -1.65. The van der Waals surface area contributed by atoms with Crippen LogP contribution in [-0.2, 0) is 72.1 Å². The maximum Gasteiger partial charge on any atom is 0.326 e. The zero-order valence-electron chi connectivity index (χ0n) is 50.8. The van der Waals surface area contributed by atoms with Crippen molar-refractivity contribution in [2.24, 2.45) is 39.6 Å². The van der Waals surface area contributed by atoms with E-state index in [1.165, 1.54) is 30.9 Å². The Morgan fingerprint density at radius 1 is 0.689 bits per heavy atom. The van der Waals surface area contributed by atoms with E-state index in [2.05, 4.69) is 31.6 Å². The Morgan fingerprint density at radius 3 is 2.02 bits per heavy atom. The molecule has 90 heavy (non-hydrogen) atoms. The summed E-state index contributed by atoms with van der Waals surface area (Å²) >= 11 is 1.28. The van der Waals surface area contributed by atoms with Crippen molar-refractivity contribution in [1.82, 2.24) is 46.2 Å². The molecule has 1 aromatic carbocycles. The largest absolute Gasteiger partial charge is 0.481 e. The van der Waals surface area contributed by atoms with Crippen molar-refractivity contribution in [2.45, 2.75) is 183 Å². The van der Waals surface area contributed by atoms with Crippen LogP contribution in [0.25, 0.3) is 0 Å². The molecule has 7 rings (SSSR count). The van der Waals surface area contributed by atoms with Crippen LogP contribution >= 0.6 is 11.3 Å². The minimum absolute atomic E-state index is 0.00724. The smallest absolute Gasteiger partial charge is 0.326 e. The first kappa shape index (κ1) is 71.2. The Morgan fingerprint density at radius 2 is 1.36 bits per heavy atom. The quantitative estimate of drug-likeness (QED) is 0.0223. The highest BCUT2D eigenvalue weighted by molar-refractivity contribution is 7.09. The van der Waals surface area contributed by atoms with E-state index in [-0.39, 0.29) is 102 Å². The van der Waals surface area contributed by atoms with Crippen molar-refractivity contribution in [3.63, 3.8) is 0 Å². The molecule has 30 nitrogen and oxygen atoms in total. The number of hydrogen-bond acceptors (Lipinski definition) is 18. The van der Waals surface area contributed by atoms with Crippen molar-refractivity contribution in [2.75, 3.05) is 45.9 Å². The Labute approximate surface area is 525 Å². The van der Waals surface area contributed by atoms with E-state index in [4.69, 9.17) is 38.6 Å². The van der Waals surface area contributed by atoms with Gasteiger partial charge in [0, 0.05) is 63.3 Å². The number of β-amino-alcohol motifs (C(OH)–C–C–N with tert-alkyl or cyclic N) is 1. The number of aliphatic hydroxyl groups is 2. The van der Waals surface area contributed by atoms with Gasteiger partial charge in [0.25, 0.3) is 5.97 Å². The standard InChI is InChI=1S/C57H85N15O13S.C2H4O2/c58-19-5-14-37(60)48(76)66-38(15-6-20-59)52(80)69-22-8-18-43(69)54(82)71-30-35(74)26-44(71)50(78)64-28-47(75)65-40(27-36-13-9-23-86-36)49(77)68-41(31-73)53(81)70-29-34-12-2-1-10-32(34)24-46(70)55(83)72-42-17-4-3-11-33(42)25-45(72)51(79)67-39(56(84)85)16-7-21-63-57(61)62;1-2(3)4/h1-2,9-10,12-13,23,33,35,37-46,73-74H,3-8,11,14-22,24-31,58-60H2,(H,64,78)(H,65,75)(H,66,76)(H,67,79)(H,68,77)(H,84,85)(H4,61,62,63);1H3,(H,3,4)/t33-,35+,37+,38-,39-,40-,41-,42-,43-,44-,45-,46+;/m0./s1. The summed E-state index contributed by atoms with van der Waals surface area (Å²) in [6, 6.07) is -0.598. The predicted molar refractivity (Wildman–Crippen MR) is 328 cm³/mol. The number of aliphatic carboxylic acids is 2. The number of carboxylic acids is 2. The molecule has 1 aliphatic carbocycles. The lowest BCUT2D eigenvalue weighted by Crippen LogP contribution is -2.63. The molecule has 5 heterocycles. The van der Waals surface area contributed by atoms with Crippen LogP contribution < -0.4 is 55.3 Å². The molecule has 9 amide bonds. The average molecular weight is 1280 g/mol. The summed E-state index contributed by atoms with van der Waals surface area (Å²) in [4.78, 5) is 159. The molecule has 496 valence electrons. The molecule has 5 aliphatic rings. The molecule has 0 bridgehead atoms. The number of rotatable bonds is 28. The normalized spacial score (nSPS) is 22.6. The number of carbonyl (C=O) groups excluding carboxylic acids is 9. The molecule has 12 atom stereocenters. The first-order valence-corrected chi connectivity index (χ1v) is 31.6. The molecular formula is C59H89N15O15S. The van der Waals surface area contributed by atoms with Crippen molar-refractivity contribution in [3.8, 4) is 0 Å². The van der Waals surface area contributed by atoms with E-state index in [9.17, 15) is 58.5 Å². The lowest BCUT2D eigenvalue weighted by molar-refractivity contribution is -0.153. The second-order valence-corrected chi connectivity index (χ2v) is 24.4. The number of aliphatic hydroxyl groups excluding tert-OH is 2. The van der Waals surface area contributed by atoms with E-state index in [1.807, 2.05) is 6.07 Å². The van der Waals surface area contributed by atoms with E-state index in [0.717, 1.165) is 31.7 Å². The number of carbonyl (C=O) groups is 11. The van der Waals surface area contributed by atoms with E-state index in [0.29, 0.717) is 49.1 Å². The number of nitrogens with two attached hydrogens (primary N) is 5. The van der Waals surface area contributed by atoms with Crippen LogP contribution in [0.5, 0.6) is 0 Å². The van der Waals surface area contributed by atoms with Gasteiger partial charge < -0.3 is 95.3 Å². The van der Waals surface area contributed by atoms with Crippen LogP contribution in [-0.4, -0.2) is 223 Å². The molecule has 0 spiro atoms. The van der Waals surface area contributed by atoms with Crippen molar-refractivity contribution < 1.29 is 73.2 Å². The first-order chi connectivity index (χ1) is 43.0. The number of amides is 9. The van der Waals surface area contributed by atoms with Gasteiger partial charge in [-0.3, -0.25) is 52.9 Å². The van der Waals surface area contributed by atoms with Crippen LogP contribution in [0.3, 0.4) is 0 Å². The van der Waals surface area contributed by atoms with Gasteiger partial charge >= 0.3 is 5.97 Å². The highest BCUT2D eigenvalue weighted by atomic mass is 32.1. The lowest BCUT2D eigenvalue weighted by Gasteiger charge is -2.42. The summed E-state index contributed by atoms with van der Waals surface area (Å²) in [5, 5.41) is 54.1. The van der Waals surface area contributed by atoms with Crippen molar-refractivity contribution >= 4 is 82.4 Å². The number of likely N-dealkylation sites (tertiary alicyclic amines) is 3. The number of carboxylic acid groups (broad SMARTS) is 2. The number of hydrogen-bond donors (Lipinski definition) is 14. The number of aliphatic imine (C=N–C) groups is 1. The summed E-state index contributed by atoms with van der Waals surface area (Å²) in [6.45, 7) is -0.0141. The second-order valence-electron chi connectivity index (χ2n) is 23.4. The predicted octanol–water partition coefficient (Wildman–Crippen LogP) is -3.56. The number of nitrogens with zero attached hydrogens (tertiary/aromatic N) is 5. The van der Waals surface area contributed by atoms with Gasteiger partial charge in [-0.15, -0.1) is 11.3 Å². The van der Waals surface area contributed by atoms with Gasteiger partial charge in [-0.1, -0.05) is 43.2 Å². The fraction of sp³-hybridized carbons (Fsp3) is 0.627. The maximum absolute atomic E-state index is 15.3. The summed E-state index contributed by atoms with van der Waals surface area (Å²) < 4.78 is 0. The molecule has 19 N–H and O–H groups in total. The first-order valence-electron chi connectivity index (χ1n) is 30.7. The lowest BCUT2D eigenvalue weighted by atomic mass is 9.84. The van der Waals surface area contributed by atoms with Crippen LogP contribution in [0.2, 0.25) is 0 Å². The highest BCUT2D eigenvalue weighted by Gasteiger charge is 2.52. The number of guanidine groups is 1. The van der Waals surface area contributed by atoms with Crippen LogP contribution in [0.4, 0.5) is 0 Å². The monoisotopic (exact) mass is 1280 g/mol. The molecule has 4 aliphatic heterocycles. The van der Waals surface area contributed by atoms with Gasteiger partial charge in [0.15, 0.2) is 5.96 Å². The third-order valence-corrected chi connectivity index (χ3v) is 17.8. The fourth-order valence-electron chi connectivity index (χ4n) is 12.5. The summed E-state index contributed by atoms with van der Waals surface area (Å²) in [7, 11) is 0. The summed E-state index contributed by atoms with van der Waals surface area (Å²) in [6.07, 6.45) is 4.15. The molecular weight excluding hydrogens is 1190 g/mol. The Balaban J connectivity index is 0.00000313. The molecule has 2 aromatic rings. The average Bonchev–Trinajstić information content (AvgIpc) is 1.47. The third kappa shape index (κ3) is 19.3. The van der Waals surface area contributed by atoms with Crippen molar-refractivity contribution in [1.29, 1.82) is 0 Å². The third-order valence-electron chi connectivity index (χ3n) is 16.9. The topological polar surface area (TPSA) is 484 Å². The fourth-order valence-corrected chi connectivity index (χ4v) is 13.3. The molecule has 3 saturated heterocycles. The number of nitrogens with one attached hydrogen (secondary N) is 5. The Kier molecular flexibility index (Phi) is 27.2. The summed E-state index contributed by atoms with van der Waals surface area (Å²) in [5.74, 6) is -8.56. The highest BCUT2D eigenvalue weighted by Crippen LogP contribution is 2.41. The van der Waals surface area contributed by atoms with Crippen LogP contribution in [0.15, 0.2) is 46.8 Å². The van der Waals surface area contributed by atoms with Gasteiger partial charge in [-0.25, -0.2) is 4.79 Å². The molecule has 0 radical (unpaired) electrons. The maximum atomic E-state index is 15.3. The minimum Gasteiger partial charge on any atom is -0.481 e.